The van der Waals surface area contributed by atoms with E-state index in [0.29, 0.717) is 10.1 Å². The highest BCUT2D eigenvalue weighted by molar-refractivity contribution is 7.80. The Morgan fingerprint density at radius 1 is 1.40 bits per heavy atom. The first-order chi connectivity index (χ1) is 9.63. The van der Waals surface area contributed by atoms with E-state index in [4.69, 9.17) is 28.6 Å². The molecule has 1 aliphatic carbocycles. The predicted octanol–water partition coefficient (Wildman–Crippen LogP) is 3.98. The summed E-state index contributed by atoms with van der Waals surface area (Å²) in [5.41, 5.74) is 0.994. The molecule has 0 radical (unpaired) electrons. The Bertz CT molecular complexity index is 461. The summed E-state index contributed by atoms with van der Waals surface area (Å²) < 4.78 is 5.22. The second kappa shape index (κ2) is 7.25. The van der Waals surface area contributed by atoms with E-state index in [0.717, 1.165) is 31.6 Å². The van der Waals surface area contributed by atoms with Crippen molar-refractivity contribution in [2.75, 3.05) is 19.0 Å². The maximum atomic E-state index is 5.97. The van der Waals surface area contributed by atoms with Crippen LogP contribution in [0.2, 0.25) is 5.02 Å². The Morgan fingerprint density at radius 3 is 2.80 bits per heavy atom. The highest BCUT2D eigenvalue weighted by Gasteiger charge is 2.33. The van der Waals surface area contributed by atoms with Gasteiger partial charge in [-0.05, 0) is 49.7 Å². The summed E-state index contributed by atoms with van der Waals surface area (Å²) in [6.45, 7) is 0.757. The molecule has 1 fully saturated rings. The minimum Gasteiger partial charge on any atom is -0.385 e. The molecule has 0 heterocycles. The minimum absolute atomic E-state index is 0.0820. The van der Waals surface area contributed by atoms with Crippen LogP contribution in [0.25, 0.3) is 0 Å². The van der Waals surface area contributed by atoms with E-state index < -0.39 is 0 Å². The third kappa shape index (κ3) is 4.33. The third-order valence-electron chi connectivity index (χ3n) is 3.81. The van der Waals surface area contributed by atoms with Gasteiger partial charge in [0.25, 0.3) is 0 Å². The summed E-state index contributed by atoms with van der Waals surface area (Å²) in [5.74, 6) is 0. The zero-order valence-electron chi connectivity index (χ0n) is 11.7. The van der Waals surface area contributed by atoms with Crippen molar-refractivity contribution in [1.29, 1.82) is 0 Å². The molecule has 20 heavy (non-hydrogen) atoms. The lowest BCUT2D eigenvalue weighted by molar-refractivity contribution is 0.163. The Kier molecular flexibility index (Phi) is 5.64. The van der Waals surface area contributed by atoms with Gasteiger partial charge in [-0.2, -0.15) is 0 Å². The number of ether oxygens (including phenoxy) is 1. The van der Waals surface area contributed by atoms with Crippen LogP contribution in [0.1, 0.15) is 32.1 Å². The van der Waals surface area contributed by atoms with Crippen LogP contribution >= 0.6 is 23.8 Å². The zero-order chi connectivity index (χ0) is 14.4. The fourth-order valence-corrected chi connectivity index (χ4v) is 3.28. The van der Waals surface area contributed by atoms with Gasteiger partial charge < -0.3 is 15.4 Å². The van der Waals surface area contributed by atoms with Crippen molar-refractivity contribution in [3.8, 4) is 0 Å². The number of anilines is 1. The SMILES string of the molecule is COCCC1(NC(=S)Nc2cccc(Cl)c2)CCCC1. The number of rotatable bonds is 5. The number of halogens is 1. The van der Waals surface area contributed by atoms with Crippen LogP contribution in [0.4, 0.5) is 5.69 Å². The number of hydrogen-bond donors (Lipinski definition) is 2. The highest BCUT2D eigenvalue weighted by Crippen LogP contribution is 2.32. The van der Waals surface area contributed by atoms with Gasteiger partial charge in [0, 0.05) is 30.0 Å². The number of methoxy groups -OCH3 is 1. The monoisotopic (exact) mass is 312 g/mol. The molecule has 110 valence electrons. The molecule has 0 saturated heterocycles. The van der Waals surface area contributed by atoms with E-state index in [1.807, 2.05) is 24.3 Å². The van der Waals surface area contributed by atoms with Crippen molar-refractivity contribution in [1.82, 2.24) is 5.32 Å². The van der Waals surface area contributed by atoms with Gasteiger partial charge in [0.2, 0.25) is 0 Å². The second-order valence-electron chi connectivity index (χ2n) is 5.32. The van der Waals surface area contributed by atoms with Gasteiger partial charge in [0.05, 0.1) is 0 Å². The van der Waals surface area contributed by atoms with Gasteiger partial charge in [-0.15, -0.1) is 0 Å². The van der Waals surface area contributed by atoms with E-state index in [9.17, 15) is 0 Å². The van der Waals surface area contributed by atoms with Crippen LogP contribution in [0.5, 0.6) is 0 Å². The molecule has 1 saturated carbocycles. The quantitative estimate of drug-likeness (QED) is 0.806. The smallest absolute Gasteiger partial charge is 0.171 e. The highest BCUT2D eigenvalue weighted by atomic mass is 35.5. The summed E-state index contributed by atoms with van der Waals surface area (Å²) >= 11 is 11.4. The van der Waals surface area contributed by atoms with Gasteiger partial charge in [0.1, 0.15) is 0 Å². The van der Waals surface area contributed by atoms with Crippen LogP contribution in [-0.2, 0) is 4.74 Å². The van der Waals surface area contributed by atoms with E-state index in [2.05, 4.69) is 10.6 Å². The summed E-state index contributed by atoms with van der Waals surface area (Å²) in [5, 5.41) is 8.06. The number of thiocarbonyl (C=S) groups is 1. The maximum Gasteiger partial charge on any atom is 0.171 e. The maximum absolute atomic E-state index is 5.97. The molecule has 1 aromatic carbocycles. The standard InChI is InChI=1S/C15H21ClN2OS/c1-19-10-9-15(7-2-3-8-15)18-14(20)17-13-6-4-5-12(16)11-13/h4-6,11H,2-3,7-10H2,1H3,(H2,17,18,20). The largest absolute Gasteiger partial charge is 0.385 e. The summed E-state index contributed by atoms with van der Waals surface area (Å²) in [7, 11) is 1.74. The molecule has 3 nitrogen and oxygen atoms in total. The number of benzene rings is 1. The molecule has 0 amide bonds. The molecule has 1 aliphatic rings. The van der Waals surface area contributed by atoms with Gasteiger partial charge >= 0.3 is 0 Å². The van der Waals surface area contributed by atoms with E-state index in [1.165, 1.54) is 12.8 Å². The molecule has 0 aromatic heterocycles. The molecule has 0 aliphatic heterocycles. The van der Waals surface area contributed by atoms with Crippen molar-refractivity contribution < 1.29 is 4.74 Å². The average Bonchev–Trinajstić information content (AvgIpc) is 2.85. The van der Waals surface area contributed by atoms with Crippen molar-refractivity contribution in [3.05, 3.63) is 29.3 Å². The Labute approximate surface area is 131 Å². The molecule has 0 spiro atoms. The summed E-state index contributed by atoms with van der Waals surface area (Å²) in [4.78, 5) is 0. The molecular weight excluding hydrogens is 292 g/mol. The van der Waals surface area contributed by atoms with Gasteiger partial charge in [-0.25, -0.2) is 0 Å². The fraction of sp³-hybridized carbons (Fsp3) is 0.533. The zero-order valence-corrected chi connectivity index (χ0v) is 13.3. The Morgan fingerprint density at radius 2 is 2.15 bits per heavy atom. The molecule has 0 unspecified atom stereocenters. The lowest BCUT2D eigenvalue weighted by atomic mass is 9.94. The van der Waals surface area contributed by atoms with Crippen LogP contribution < -0.4 is 10.6 Å². The van der Waals surface area contributed by atoms with E-state index in [-0.39, 0.29) is 5.54 Å². The van der Waals surface area contributed by atoms with Crippen molar-refractivity contribution >= 4 is 34.6 Å². The van der Waals surface area contributed by atoms with Crippen LogP contribution in [0.15, 0.2) is 24.3 Å². The first-order valence-electron chi connectivity index (χ1n) is 6.97. The molecule has 0 bridgehead atoms. The molecule has 0 atom stereocenters. The van der Waals surface area contributed by atoms with Crippen LogP contribution in [0.3, 0.4) is 0 Å². The third-order valence-corrected chi connectivity index (χ3v) is 4.25. The minimum atomic E-state index is 0.0820. The van der Waals surface area contributed by atoms with Gasteiger partial charge in [-0.1, -0.05) is 30.5 Å². The molecule has 2 rings (SSSR count). The number of hydrogen-bond acceptors (Lipinski definition) is 2. The fourth-order valence-electron chi connectivity index (χ4n) is 2.76. The van der Waals surface area contributed by atoms with Crippen molar-refractivity contribution in [2.24, 2.45) is 0 Å². The normalized spacial score (nSPS) is 16.9. The van der Waals surface area contributed by atoms with Gasteiger partial charge in [-0.3, -0.25) is 0 Å². The molecule has 1 aromatic rings. The Balaban J connectivity index is 1.94. The lowest BCUT2D eigenvalue weighted by Crippen LogP contribution is -2.48. The van der Waals surface area contributed by atoms with E-state index in [1.54, 1.807) is 7.11 Å². The molecule has 5 heteroatoms. The second-order valence-corrected chi connectivity index (χ2v) is 6.16. The molecular formula is C15H21ClN2OS. The summed E-state index contributed by atoms with van der Waals surface area (Å²) in [6, 6.07) is 7.58. The predicted molar refractivity (Wildman–Crippen MR) is 88.5 cm³/mol. The van der Waals surface area contributed by atoms with E-state index >= 15 is 0 Å². The first-order valence-corrected chi connectivity index (χ1v) is 7.76. The average molecular weight is 313 g/mol. The lowest BCUT2D eigenvalue weighted by Gasteiger charge is -2.31. The van der Waals surface area contributed by atoms with Crippen LogP contribution in [0, 0.1) is 0 Å². The molecule has 2 N–H and O–H groups in total. The Hall–Kier alpha value is -0.840. The van der Waals surface area contributed by atoms with Crippen molar-refractivity contribution in [2.45, 2.75) is 37.6 Å². The van der Waals surface area contributed by atoms with Gasteiger partial charge in [0.15, 0.2) is 5.11 Å². The first kappa shape index (κ1) is 15.5. The van der Waals surface area contributed by atoms with Crippen molar-refractivity contribution in [3.63, 3.8) is 0 Å². The number of nitrogens with one attached hydrogen (secondary N) is 2. The van der Waals surface area contributed by atoms with Crippen LogP contribution in [-0.4, -0.2) is 24.4 Å². The topological polar surface area (TPSA) is 33.3 Å². The summed E-state index contributed by atoms with van der Waals surface area (Å²) in [6.07, 6.45) is 5.77.